The van der Waals surface area contributed by atoms with E-state index in [1.54, 1.807) is 24.5 Å². The molecule has 0 N–H and O–H groups in total. The SMILES string of the molecule is COc1ccc(C(=O)N2CCC(Cn3c(C)cnc3-c3ccncc3)C2)c(OC)n1. The average molecular weight is 407 g/mol. The molecule has 1 amide bonds. The van der Waals surface area contributed by atoms with Gasteiger partial charge in [-0.2, -0.15) is 4.98 Å². The fraction of sp³-hybridized carbons (Fsp3) is 0.364. The molecule has 1 fully saturated rings. The van der Waals surface area contributed by atoms with Gasteiger partial charge in [0, 0.05) is 55.5 Å². The number of carbonyl (C=O) groups excluding carboxylic acids is 1. The van der Waals surface area contributed by atoms with E-state index in [0.29, 0.717) is 30.5 Å². The maximum atomic E-state index is 13.1. The minimum atomic E-state index is -0.0683. The Hall–Kier alpha value is -3.42. The monoisotopic (exact) mass is 407 g/mol. The molecular weight excluding hydrogens is 382 g/mol. The Morgan fingerprint density at radius 2 is 1.97 bits per heavy atom. The molecule has 30 heavy (non-hydrogen) atoms. The van der Waals surface area contributed by atoms with Crippen LogP contribution in [-0.2, 0) is 6.54 Å². The number of aryl methyl sites for hydroxylation is 1. The molecule has 4 rings (SSSR count). The van der Waals surface area contributed by atoms with Gasteiger partial charge in [0.1, 0.15) is 11.4 Å². The van der Waals surface area contributed by atoms with Crippen molar-refractivity contribution in [2.75, 3.05) is 27.3 Å². The number of likely N-dealkylation sites (tertiary alicyclic amines) is 1. The number of methoxy groups -OCH3 is 2. The summed E-state index contributed by atoms with van der Waals surface area (Å²) in [5.74, 6) is 1.91. The number of nitrogens with zero attached hydrogens (tertiary/aromatic N) is 5. The fourth-order valence-corrected chi connectivity index (χ4v) is 3.87. The lowest BCUT2D eigenvalue weighted by Gasteiger charge is -2.19. The van der Waals surface area contributed by atoms with Crippen molar-refractivity contribution >= 4 is 5.91 Å². The number of carbonyl (C=O) groups is 1. The van der Waals surface area contributed by atoms with Crippen molar-refractivity contribution in [2.24, 2.45) is 5.92 Å². The van der Waals surface area contributed by atoms with Gasteiger partial charge in [0.2, 0.25) is 11.8 Å². The van der Waals surface area contributed by atoms with Crippen molar-refractivity contribution in [3.63, 3.8) is 0 Å². The number of imidazole rings is 1. The van der Waals surface area contributed by atoms with Gasteiger partial charge >= 0.3 is 0 Å². The van der Waals surface area contributed by atoms with Gasteiger partial charge in [-0.1, -0.05) is 0 Å². The Morgan fingerprint density at radius 1 is 1.17 bits per heavy atom. The average Bonchev–Trinajstić information content (AvgIpc) is 3.40. The summed E-state index contributed by atoms with van der Waals surface area (Å²) >= 11 is 0. The van der Waals surface area contributed by atoms with Gasteiger partial charge in [0.25, 0.3) is 5.91 Å². The summed E-state index contributed by atoms with van der Waals surface area (Å²) in [5, 5.41) is 0. The van der Waals surface area contributed by atoms with Crippen LogP contribution in [0.3, 0.4) is 0 Å². The molecule has 0 aromatic carbocycles. The number of rotatable bonds is 6. The van der Waals surface area contributed by atoms with E-state index in [1.165, 1.54) is 14.2 Å². The first-order valence-corrected chi connectivity index (χ1v) is 9.91. The molecule has 156 valence electrons. The number of hydrogen-bond acceptors (Lipinski definition) is 6. The highest BCUT2D eigenvalue weighted by molar-refractivity contribution is 5.96. The lowest BCUT2D eigenvalue weighted by Crippen LogP contribution is -2.30. The Balaban J connectivity index is 1.49. The van der Waals surface area contributed by atoms with Crippen molar-refractivity contribution in [3.05, 3.63) is 54.1 Å². The molecule has 4 heterocycles. The second-order valence-electron chi connectivity index (χ2n) is 7.39. The van der Waals surface area contributed by atoms with Crippen LogP contribution in [0.2, 0.25) is 0 Å². The van der Waals surface area contributed by atoms with Crippen LogP contribution in [0.4, 0.5) is 0 Å². The van der Waals surface area contributed by atoms with Crippen molar-refractivity contribution < 1.29 is 14.3 Å². The Morgan fingerprint density at radius 3 is 2.70 bits per heavy atom. The highest BCUT2D eigenvalue weighted by Gasteiger charge is 2.30. The van der Waals surface area contributed by atoms with Crippen LogP contribution in [-0.4, -0.2) is 57.6 Å². The second-order valence-corrected chi connectivity index (χ2v) is 7.39. The Kier molecular flexibility index (Phi) is 5.65. The number of pyridine rings is 2. The molecule has 0 saturated carbocycles. The highest BCUT2D eigenvalue weighted by Crippen LogP contribution is 2.27. The van der Waals surface area contributed by atoms with Crippen LogP contribution >= 0.6 is 0 Å². The molecule has 3 aromatic heterocycles. The molecule has 3 aromatic rings. The summed E-state index contributed by atoms with van der Waals surface area (Å²) in [6, 6.07) is 7.32. The number of hydrogen-bond donors (Lipinski definition) is 0. The van der Waals surface area contributed by atoms with Crippen molar-refractivity contribution in [2.45, 2.75) is 19.9 Å². The number of ether oxygens (including phenoxy) is 2. The van der Waals surface area contributed by atoms with E-state index in [1.807, 2.05) is 23.2 Å². The van der Waals surface area contributed by atoms with Gasteiger partial charge in [0.05, 0.1) is 14.2 Å². The molecule has 0 radical (unpaired) electrons. The third-order valence-corrected chi connectivity index (χ3v) is 5.48. The standard InChI is InChI=1S/C22H25N5O3/c1-15-12-24-20(17-6-9-23-10-7-17)27(15)14-16-8-11-26(13-16)22(28)18-4-5-19(29-2)25-21(18)30-3/h4-7,9-10,12,16H,8,11,13-14H2,1-3H3. The molecule has 1 atom stereocenters. The third kappa shape index (κ3) is 3.85. The van der Waals surface area contributed by atoms with E-state index in [0.717, 1.165) is 30.0 Å². The predicted molar refractivity (Wildman–Crippen MR) is 112 cm³/mol. The van der Waals surface area contributed by atoms with E-state index >= 15 is 0 Å². The van der Waals surface area contributed by atoms with Crippen LogP contribution in [0.25, 0.3) is 11.4 Å². The quantitative estimate of drug-likeness (QED) is 0.625. The second kappa shape index (κ2) is 8.52. The number of aromatic nitrogens is 4. The maximum Gasteiger partial charge on any atom is 0.259 e. The molecular formula is C22H25N5O3. The van der Waals surface area contributed by atoms with Crippen molar-refractivity contribution in [1.82, 2.24) is 24.4 Å². The number of amides is 1. The summed E-state index contributed by atoms with van der Waals surface area (Å²) in [5.41, 5.74) is 2.60. The first kappa shape index (κ1) is 19.9. The first-order valence-electron chi connectivity index (χ1n) is 9.91. The molecule has 0 spiro atoms. The zero-order valence-electron chi connectivity index (χ0n) is 17.4. The van der Waals surface area contributed by atoms with Gasteiger partial charge in [-0.05, 0) is 37.5 Å². The van der Waals surface area contributed by atoms with Crippen LogP contribution in [0.15, 0.2) is 42.9 Å². The maximum absolute atomic E-state index is 13.1. The van der Waals surface area contributed by atoms with E-state index in [4.69, 9.17) is 9.47 Å². The summed E-state index contributed by atoms with van der Waals surface area (Å²) in [6.45, 7) is 4.26. The molecule has 0 bridgehead atoms. The van der Waals surface area contributed by atoms with Gasteiger partial charge < -0.3 is 18.9 Å². The zero-order valence-corrected chi connectivity index (χ0v) is 17.4. The third-order valence-electron chi connectivity index (χ3n) is 5.48. The van der Waals surface area contributed by atoms with Gasteiger partial charge in [0.15, 0.2) is 0 Å². The van der Waals surface area contributed by atoms with E-state index in [9.17, 15) is 4.79 Å². The smallest absolute Gasteiger partial charge is 0.259 e. The fourth-order valence-electron chi connectivity index (χ4n) is 3.87. The van der Waals surface area contributed by atoms with E-state index < -0.39 is 0 Å². The highest BCUT2D eigenvalue weighted by atomic mass is 16.5. The molecule has 8 nitrogen and oxygen atoms in total. The van der Waals surface area contributed by atoms with Crippen LogP contribution in [0.1, 0.15) is 22.5 Å². The summed E-state index contributed by atoms with van der Waals surface area (Å²) in [6.07, 6.45) is 6.37. The summed E-state index contributed by atoms with van der Waals surface area (Å²) in [7, 11) is 3.04. The molecule has 1 aliphatic heterocycles. The van der Waals surface area contributed by atoms with Gasteiger partial charge in [-0.15, -0.1) is 0 Å². The molecule has 0 aliphatic carbocycles. The molecule has 1 aliphatic rings. The van der Waals surface area contributed by atoms with E-state index in [-0.39, 0.29) is 11.8 Å². The lowest BCUT2D eigenvalue weighted by atomic mass is 10.1. The topological polar surface area (TPSA) is 82.4 Å². The minimum Gasteiger partial charge on any atom is -0.481 e. The summed E-state index contributed by atoms with van der Waals surface area (Å²) < 4.78 is 12.7. The van der Waals surface area contributed by atoms with Gasteiger partial charge in [-0.3, -0.25) is 9.78 Å². The summed E-state index contributed by atoms with van der Waals surface area (Å²) in [4.78, 5) is 27.8. The molecule has 8 heteroatoms. The van der Waals surface area contributed by atoms with E-state index in [2.05, 4.69) is 26.4 Å². The first-order chi connectivity index (χ1) is 14.6. The predicted octanol–water partition coefficient (Wildman–Crippen LogP) is 2.83. The van der Waals surface area contributed by atoms with Crippen molar-refractivity contribution in [1.29, 1.82) is 0 Å². The largest absolute Gasteiger partial charge is 0.481 e. The van der Waals surface area contributed by atoms with Crippen LogP contribution in [0.5, 0.6) is 11.8 Å². The zero-order chi connectivity index (χ0) is 21.1. The molecule has 1 unspecified atom stereocenters. The normalized spacial score (nSPS) is 16.0. The molecule has 1 saturated heterocycles. The van der Waals surface area contributed by atoms with Crippen molar-refractivity contribution in [3.8, 4) is 23.1 Å². The van der Waals surface area contributed by atoms with Crippen LogP contribution in [0, 0.1) is 12.8 Å². The Labute approximate surface area is 175 Å². The lowest BCUT2D eigenvalue weighted by molar-refractivity contribution is 0.0781. The minimum absolute atomic E-state index is 0.0683. The van der Waals surface area contributed by atoms with Crippen LogP contribution < -0.4 is 9.47 Å². The van der Waals surface area contributed by atoms with Gasteiger partial charge in [-0.25, -0.2) is 4.98 Å². The Bertz CT molecular complexity index is 1030.